The van der Waals surface area contributed by atoms with E-state index < -0.39 is 0 Å². The van der Waals surface area contributed by atoms with Crippen LogP contribution < -0.4 is 0 Å². The first-order chi connectivity index (χ1) is 8.69. The Kier molecular flexibility index (Phi) is 4.43. The first kappa shape index (κ1) is 13.2. The van der Waals surface area contributed by atoms with Gasteiger partial charge in [0.1, 0.15) is 0 Å². The fourth-order valence-corrected chi connectivity index (χ4v) is 2.41. The predicted molar refractivity (Wildman–Crippen MR) is 79.4 cm³/mol. The van der Waals surface area contributed by atoms with Crippen LogP contribution in [0.25, 0.3) is 0 Å². The lowest BCUT2D eigenvalue weighted by atomic mass is 10.0. The Morgan fingerprint density at radius 1 is 0.889 bits per heavy atom. The maximum Gasteiger partial charge on any atom is 0.0440 e. The van der Waals surface area contributed by atoms with Gasteiger partial charge in [-0.15, -0.1) is 0 Å². The van der Waals surface area contributed by atoms with E-state index in [4.69, 9.17) is 11.6 Å². The van der Waals surface area contributed by atoms with Gasteiger partial charge in [-0.2, -0.15) is 0 Å². The van der Waals surface area contributed by atoms with Crippen LogP contribution in [0.5, 0.6) is 0 Å². The Bertz CT molecular complexity index is 512. The second-order valence-electron chi connectivity index (χ2n) is 4.76. The van der Waals surface area contributed by atoms with Crippen molar-refractivity contribution in [1.82, 2.24) is 0 Å². The number of halogens is 1. The standard InChI is InChI=1S/C17H19Cl/c1-3-14-5-7-15(8-6-14)9-11-16-10-4-13(2)12-17(16)18/h4-8,10,12H,3,9,11H2,1-2H3. The van der Waals surface area contributed by atoms with Crippen LogP contribution in [0, 0.1) is 6.92 Å². The average molecular weight is 259 g/mol. The van der Waals surface area contributed by atoms with E-state index in [1.54, 1.807) is 0 Å². The Balaban J connectivity index is 2.02. The zero-order valence-electron chi connectivity index (χ0n) is 11.0. The lowest BCUT2D eigenvalue weighted by Crippen LogP contribution is -1.93. The van der Waals surface area contributed by atoms with Crippen molar-refractivity contribution >= 4 is 11.6 Å². The lowest BCUT2D eigenvalue weighted by molar-refractivity contribution is 0.956. The van der Waals surface area contributed by atoms with Crippen LogP contribution in [0.1, 0.15) is 29.2 Å². The van der Waals surface area contributed by atoms with Gasteiger partial charge in [0.2, 0.25) is 0 Å². The number of rotatable bonds is 4. The van der Waals surface area contributed by atoms with E-state index in [2.05, 4.69) is 50.2 Å². The van der Waals surface area contributed by atoms with Crippen molar-refractivity contribution in [3.8, 4) is 0 Å². The smallest absolute Gasteiger partial charge is 0.0440 e. The van der Waals surface area contributed by atoms with E-state index in [-0.39, 0.29) is 0 Å². The van der Waals surface area contributed by atoms with Crippen molar-refractivity contribution < 1.29 is 0 Å². The lowest BCUT2D eigenvalue weighted by Gasteiger charge is -2.06. The molecular weight excluding hydrogens is 240 g/mol. The summed E-state index contributed by atoms with van der Waals surface area (Å²) in [4.78, 5) is 0. The van der Waals surface area contributed by atoms with Crippen LogP contribution in [0.3, 0.4) is 0 Å². The fourth-order valence-electron chi connectivity index (χ4n) is 2.08. The van der Waals surface area contributed by atoms with Crippen LogP contribution in [0.4, 0.5) is 0 Å². The van der Waals surface area contributed by atoms with Crippen molar-refractivity contribution in [2.24, 2.45) is 0 Å². The molecule has 0 N–H and O–H groups in total. The summed E-state index contributed by atoms with van der Waals surface area (Å²) in [5.74, 6) is 0. The zero-order chi connectivity index (χ0) is 13.0. The molecule has 94 valence electrons. The average Bonchev–Trinajstić information content (AvgIpc) is 2.38. The summed E-state index contributed by atoms with van der Waals surface area (Å²) in [6.45, 7) is 4.25. The van der Waals surface area contributed by atoms with Crippen molar-refractivity contribution in [3.63, 3.8) is 0 Å². The summed E-state index contributed by atoms with van der Waals surface area (Å²) in [5, 5.41) is 0.889. The molecule has 18 heavy (non-hydrogen) atoms. The Morgan fingerprint density at radius 2 is 1.56 bits per heavy atom. The minimum Gasteiger partial charge on any atom is -0.0840 e. The van der Waals surface area contributed by atoms with Gasteiger partial charge < -0.3 is 0 Å². The molecule has 0 atom stereocenters. The van der Waals surface area contributed by atoms with E-state index in [0.717, 1.165) is 24.3 Å². The summed E-state index contributed by atoms with van der Waals surface area (Å²) < 4.78 is 0. The fraction of sp³-hybridized carbons (Fsp3) is 0.294. The molecule has 0 radical (unpaired) electrons. The van der Waals surface area contributed by atoms with Gasteiger partial charge in [-0.25, -0.2) is 0 Å². The molecule has 0 heterocycles. The molecule has 2 aromatic carbocycles. The quantitative estimate of drug-likeness (QED) is 0.724. The molecule has 0 unspecified atom stereocenters. The Hall–Kier alpha value is -1.27. The maximum absolute atomic E-state index is 6.24. The van der Waals surface area contributed by atoms with Crippen molar-refractivity contribution in [2.45, 2.75) is 33.1 Å². The van der Waals surface area contributed by atoms with Crippen LogP contribution in [-0.2, 0) is 19.3 Å². The molecule has 0 amide bonds. The molecule has 0 saturated heterocycles. The van der Waals surface area contributed by atoms with E-state index in [9.17, 15) is 0 Å². The van der Waals surface area contributed by atoms with Gasteiger partial charge in [0.05, 0.1) is 0 Å². The van der Waals surface area contributed by atoms with Gasteiger partial charge in [-0.3, -0.25) is 0 Å². The first-order valence-electron chi connectivity index (χ1n) is 6.52. The molecule has 0 fully saturated rings. The van der Waals surface area contributed by atoms with E-state index >= 15 is 0 Å². The topological polar surface area (TPSA) is 0 Å². The van der Waals surface area contributed by atoms with E-state index in [1.807, 2.05) is 6.07 Å². The minimum atomic E-state index is 0.889. The SMILES string of the molecule is CCc1ccc(CCc2ccc(C)cc2Cl)cc1. The highest BCUT2D eigenvalue weighted by Crippen LogP contribution is 2.19. The third-order valence-electron chi connectivity index (χ3n) is 3.32. The molecular formula is C17H19Cl. The largest absolute Gasteiger partial charge is 0.0840 e. The van der Waals surface area contributed by atoms with Gasteiger partial charge in [-0.05, 0) is 54.5 Å². The number of hydrogen-bond acceptors (Lipinski definition) is 0. The van der Waals surface area contributed by atoms with E-state index in [1.165, 1.54) is 22.3 Å². The zero-order valence-corrected chi connectivity index (χ0v) is 11.8. The molecule has 0 aliphatic heterocycles. The second kappa shape index (κ2) is 6.06. The van der Waals surface area contributed by atoms with Gasteiger partial charge in [0.15, 0.2) is 0 Å². The molecule has 0 aliphatic carbocycles. The monoisotopic (exact) mass is 258 g/mol. The summed E-state index contributed by atoms with van der Waals surface area (Å²) in [7, 11) is 0. The summed E-state index contributed by atoms with van der Waals surface area (Å²) in [6.07, 6.45) is 3.15. The number of hydrogen-bond donors (Lipinski definition) is 0. The highest BCUT2D eigenvalue weighted by Gasteiger charge is 2.01. The molecule has 0 bridgehead atoms. The summed E-state index contributed by atoms with van der Waals surface area (Å²) in [5.41, 5.74) is 5.23. The molecule has 0 aromatic heterocycles. The second-order valence-corrected chi connectivity index (χ2v) is 5.17. The molecule has 1 heteroatoms. The predicted octanol–water partition coefficient (Wildman–Crippen LogP) is 5.00. The van der Waals surface area contributed by atoms with Crippen LogP contribution in [0.15, 0.2) is 42.5 Å². The Morgan fingerprint density at radius 3 is 2.17 bits per heavy atom. The molecule has 0 saturated carbocycles. The van der Waals surface area contributed by atoms with Crippen molar-refractivity contribution in [1.29, 1.82) is 0 Å². The molecule has 0 spiro atoms. The highest BCUT2D eigenvalue weighted by atomic mass is 35.5. The summed E-state index contributed by atoms with van der Waals surface area (Å²) in [6, 6.07) is 15.2. The van der Waals surface area contributed by atoms with Gasteiger partial charge >= 0.3 is 0 Å². The molecule has 2 rings (SSSR count). The highest BCUT2D eigenvalue weighted by molar-refractivity contribution is 6.31. The Labute approximate surface area is 115 Å². The van der Waals surface area contributed by atoms with E-state index in [0.29, 0.717) is 0 Å². The normalized spacial score (nSPS) is 10.6. The van der Waals surface area contributed by atoms with Crippen LogP contribution in [-0.4, -0.2) is 0 Å². The third-order valence-corrected chi connectivity index (χ3v) is 3.67. The number of benzene rings is 2. The van der Waals surface area contributed by atoms with Crippen LogP contribution >= 0.6 is 11.6 Å². The van der Waals surface area contributed by atoms with Gasteiger partial charge in [0.25, 0.3) is 0 Å². The molecule has 0 aliphatic rings. The van der Waals surface area contributed by atoms with Crippen molar-refractivity contribution in [3.05, 3.63) is 69.7 Å². The molecule has 2 aromatic rings. The number of aryl methyl sites for hydroxylation is 4. The van der Waals surface area contributed by atoms with Gasteiger partial charge in [-0.1, -0.05) is 54.9 Å². The minimum absolute atomic E-state index is 0.889. The maximum atomic E-state index is 6.24. The molecule has 0 nitrogen and oxygen atoms in total. The van der Waals surface area contributed by atoms with Crippen LogP contribution in [0.2, 0.25) is 5.02 Å². The first-order valence-corrected chi connectivity index (χ1v) is 6.89. The van der Waals surface area contributed by atoms with Crippen molar-refractivity contribution in [2.75, 3.05) is 0 Å². The summed E-state index contributed by atoms with van der Waals surface area (Å²) >= 11 is 6.24. The van der Waals surface area contributed by atoms with Gasteiger partial charge in [0, 0.05) is 5.02 Å². The third kappa shape index (κ3) is 3.36.